The minimum absolute atomic E-state index is 0.00508. The highest BCUT2D eigenvalue weighted by molar-refractivity contribution is 6.06. The number of rotatable bonds is 2. The van der Waals surface area contributed by atoms with Crippen molar-refractivity contribution in [3.63, 3.8) is 0 Å². The molecule has 0 saturated carbocycles. The van der Waals surface area contributed by atoms with Crippen LogP contribution >= 0.6 is 0 Å². The number of hydrogen-bond donors (Lipinski definition) is 3. The molecule has 0 aliphatic heterocycles. The van der Waals surface area contributed by atoms with Gasteiger partial charge >= 0.3 is 0 Å². The number of nitrogens with zero attached hydrogens (tertiary/aromatic N) is 1. The van der Waals surface area contributed by atoms with Crippen molar-refractivity contribution >= 4 is 11.6 Å². The summed E-state index contributed by atoms with van der Waals surface area (Å²) in [6.45, 7) is 0.182. The fraction of sp³-hybridized carbons (Fsp3) is 0.0667. The molecule has 0 saturated heterocycles. The Morgan fingerprint density at radius 3 is 2.90 bits per heavy atom. The molecule has 0 aliphatic rings. The Labute approximate surface area is 120 Å². The van der Waals surface area contributed by atoms with Gasteiger partial charge in [0.15, 0.2) is 0 Å². The summed E-state index contributed by atoms with van der Waals surface area (Å²) in [6.07, 6.45) is 2.49. The number of aromatic hydroxyl groups is 1. The number of pyridine rings is 1. The number of nitrogens with one attached hydrogen (secondary N) is 1. The minimum atomic E-state index is -0.630. The molecule has 1 aromatic carbocycles. The van der Waals surface area contributed by atoms with Crippen molar-refractivity contribution in [3.05, 3.63) is 53.6 Å². The molecule has 1 aromatic heterocycles. The highest BCUT2D eigenvalue weighted by Gasteiger charge is 2.13. The van der Waals surface area contributed by atoms with E-state index in [1.807, 2.05) is 0 Å². The predicted octanol–water partition coefficient (Wildman–Crippen LogP) is 1.49. The lowest BCUT2D eigenvalue weighted by atomic mass is 10.2. The molecule has 0 aliphatic carbocycles. The highest BCUT2D eigenvalue weighted by Crippen LogP contribution is 2.19. The SMILES string of the molecule is NCC#Cc1ccc(NC(=O)c2ccncc2O)c(F)c1. The van der Waals surface area contributed by atoms with Gasteiger partial charge in [0.2, 0.25) is 0 Å². The number of benzene rings is 1. The Balaban J connectivity index is 2.20. The second-order valence-corrected chi connectivity index (χ2v) is 4.05. The lowest BCUT2D eigenvalue weighted by Gasteiger charge is -2.07. The third-order valence-electron chi connectivity index (χ3n) is 2.60. The summed E-state index contributed by atoms with van der Waals surface area (Å²) in [5.41, 5.74) is 5.70. The summed E-state index contributed by atoms with van der Waals surface area (Å²) in [5.74, 6) is 3.77. The zero-order valence-corrected chi connectivity index (χ0v) is 10.9. The van der Waals surface area contributed by atoms with E-state index in [2.05, 4.69) is 22.1 Å². The van der Waals surface area contributed by atoms with Gasteiger partial charge in [-0.15, -0.1) is 0 Å². The first kappa shape index (κ1) is 14.5. The topological polar surface area (TPSA) is 88.2 Å². The molecule has 0 atom stereocenters. The van der Waals surface area contributed by atoms with Crippen molar-refractivity contribution in [1.29, 1.82) is 0 Å². The van der Waals surface area contributed by atoms with Gasteiger partial charge in [-0.05, 0) is 24.3 Å². The summed E-state index contributed by atoms with van der Waals surface area (Å²) in [7, 11) is 0. The van der Waals surface area contributed by atoms with E-state index in [0.717, 1.165) is 6.20 Å². The molecule has 21 heavy (non-hydrogen) atoms. The Morgan fingerprint density at radius 2 is 2.24 bits per heavy atom. The number of amides is 1. The van der Waals surface area contributed by atoms with Crippen LogP contribution in [-0.2, 0) is 0 Å². The molecule has 0 unspecified atom stereocenters. The van der Waals surface area contributed by atoms with Gasteiger partial charge in [0, 0.05) is 11.8 Å². The predicted molar refractivity (Wildman–Crippen MR) is 76.2 cm³/mol. The molecule has 2 aromatic rings. The van der Waals surface area contributed by atoms with Gasteiger partial charge < -0.3 is 16.2 Å². The molecular weight excluding hydrogens is 273 g/mol. The number of anilines is 1. The maximum Gasteiger partial charge on any atom is 0.259 e. The zero-order valence-electron chi connectivity index (χ0n) is 10.9. The van der Waals surface area contributed by atoms with Crippen LogP contribution in [-0.4, -0.2) is 22.5 Å². The molecule has 0 spiro atoms. The summed E-state index contributed by atoms with van der Waals surface area (Å²) in [6, 6.07) is 5.49. The van der Waals surface area contributed by atoms with E-state index in [-0.39, 0.29) is 23.5 Å². The van der Waals surface area contributed by atoms with Crippen molar-refractivity contribution in [2.45, 2.75) is 0 Å². The van der Waals surface area contributed by atoms with E-state index in [0.29, 0.717) is 5.56 Å². The number of aromatic nitrogens is 1. The van der Waals surface area contributed by atoms with Crippen LogP contribution in [0, 0.1) is 17.7 Å². The first-order valence-corrected chi connectivity index (χ1v) is 6.04. The Bertz CT molecular complexity index is 735. The number of halogens is 1. The van der Waals surface area contributed by atoms with Crippen molar-refractivity contribution in [2.75, 3.05) is 11.9 Å². The van der Waals surface area contributed by atoms with Gasteiger partial charge in [-0.2, -0.15) is 0 Å². The van der Waals surface area contributed by atoms with Crippen LogP contribution in [0.1, 0.15) is 15.9 Å². The minimum Gasteiger partial charge on any atom is -0.505 e. The lowest BCUT2D eigenvalue weighted by Crippen LogP contribution is -2.13. The van der Waals surface area contributed by atoms with Crippen LogP contribution in [0.4, 0.5) is 10.1 Å². The van der Waals surface area contributed by atoms with Gasteiger partial charge in [-0.1, -0.05) is 11.8 Å². The zero-order chi connectivity index (χ0) is 15.2. The van der Waals surface area contributed by atoms with Gasteiger partial charge in [-0.25, -0.2) is 4.39 Å². The average molecular weight is 285 g/mol. The Morgan fingerprint density at radius 1 is 1.43 bits per heavy atom. The van der Waals surface area contributed by atoms with E-state index < -0.39 is 11.7 Å². The van der Waals surface area contributed by atoms with Crippen molar-refractivity contribution in [2.24, 2.45) is 5.73 Å². The maximum absolute atomic E-state index is 13.9. The van der Waals surface area contributed by atoms with Crippen molar-refractivity contribution in [3.8, 4) is 17.6 Å². The molecule has 106 valence electrons. The van der Waals surface area contributed by atoms with Gasteiger partial charge in [0.05, 0.1) is 24.0 Å². The fourth-order valence-electron chi connectivity index (χ4n) is 1.62. The third kappa shape index (κ3) is 3.55. The van der Waals surface area contributed by atoms with E-state index in [4.69, 9.17) is 5.73 Å². The third-order valence-corrected chi connectivity index (χ3v) is 2.60. The smallest absolute Gasteiger partial charge is 0.259 e. The van der Waals surface area contributed by atoms with Crippen LogP contribution in [0.2, 0.25) is 0 Å². The monoisotopic (exact) mass is 285 g/mol. The van der Waals surface area contributed by atoms with Crippen LogP contribution in [0.3, 0.4) is 0 Å². The molecule has 0 fully saturated rings. The normalized spacial score (nSPS) is 9.62. The quantitative estimate of drug-likeness (QED) is 0.729. The molecule has 2 rings (SSSR count). The van der Waals surface area contributed by atoms with E-state index in [1.165, 1.54) is 24.4 Å². The van der Waals surface area contributed by atoms with Crippen molar-refractivity contribution in [1.82, 2.24) is 4.98 Å². The largest absolute Gasteiger partial charge is 0.505 e. The number of nitrogens with two attached hydrogens (primary N) is 1. The number of carbonyl (C=O) groups excluding carboxylic acids is 1. The van der Waals surface area contributed by atoms with Crippen LogP contribution < -0.4 is 11.1 Å². The van der Waals surface area contributed by atoms with Crippen molar-refractivity contribution < 1.29 is 14.3 Å². The Hall–Kier alpha value is -2.91. The van der Waals surface area contributed by atoms with Gasteiger partial charge in [0.1, 0.15) is 11.6 Å². The molecular formula is C15H12FN3O2. The first-order chi connectivity index (χ1) is 10.1. The van der Waals surface area contributed by atoms with E-state index >= 15 is 0 Å². The summed E-state index contributed by atoms with van der Waals surface area (Å²) < 4.78 is 13.9. The highest BCUT2D eigenvalue weighted by atomic mass is 19.1. The van der Waals surface area contributed by atoms with E-state index in [1.54, 1.807) is 6.07 Å². The molecule has 6 heteroatoms. The van der Waals surface area contributed by atoms with Crippen LogP contribution in [0.15, 0.2) is 36.7 Å². The fourth-order valence-corrected chi connectivity index (χ4v) is 1.62. The average Bonchev–Trinajstić information content (AvgIpc) is 2.48. The molecule has 0 radical (unpaired) electrons. The summed E-state index contributed by atoms with van der Waals surface area (Å²) in [4.78, 5) is 15.6. The van der Waals surface area contributed by atoms with E-state index in [9.17, 15) is 14.3 Å². The second-order valence-electron chi connectivity index (χ2n) is 4.05. The van der Waals surface area contributed by atoms with Crippen LogP contribution in [0.25, 0.3) is 0 Å². The molecule has 0 bridgehead atoms. The molecule has 5 nitrogen and oxygen atoms in total. The van der Waals surface area contributed by atoms with Gasteiger partial charge in [0.25, 0.3) is 5.91 Å². The van der Waals surface area contributed by atoms with Crippen LogP contribution in [0.5, 0.6) is 5.75 Å². The van der Waals surface area contributed by atoms with Gasteiger partial charge in [-0.3, -0.25) is 9.78 Å². The molecule has 1 amide bonds. The first-order valence-electron chi connectivity index (χ1n) is 6.04. The molecule has 4 N–H and O–H groups in total. The molecule has 1 heterocycles. The standard InChI is InChI=1S/C15H12FN3O2/c16-12-8-10(2-1-6-17)3-4-13(12)19-15(21)11-5-7-18-9-14(11)20/h3-5,7-9,20H,6,17H2,(H,19,21). The second kappa shape index (κ2) is 6.50. The number of carbonyl (C=O) groups is 1. The Kier molecular flexibility index (Phi) is 4.49. The summed E-state index contributed by atoms with van der Waals surface area (Å²) in [5, 5.41) is 11.9. The lowest BCUT2D eigenvalue weighted by molar-refractivity contribution is 0.102. The maximum atomic E-state index is 13.9. The summed E-state index contributed by atoms with van der Waals surface area (Å²) >= 11 is 0. The number of hydrogen-bond acceptors (Lipinski definition) is 4.